The molecule has 6 atom stereocenters. The Morgan fingerprint density at radius 3 is 2.51 bits per heavy atom. The Balaban J connectivity index is 1.82. The predicted molar refractivity (Wildman–Crippen MR) is 149 cm³/mol. The number of benzene rings is 1. The van der Waals surface area contributed by atoms with E-state index in [0.717, 1.165) is 16.8 Å². The molecule has 3 aliphatic heterocycles. The van der Waals surface area contributed by atoms with Gasteiger partial charge in [0.15, 0.2) is 0 Å². The van der Waals surface area contributed by atoms with Gasteiger partial charge in [0.1, 0.15) is 24.2 Å². The molecule has 3 unspecified atom stereocenters. The molecule has 0 aromatic heterocycles. The minimum Gasteiger partial charge on any atom is -0.461 e. The number of esters is 1. The van der Waals surface area contributed by atoms with E-state index in [1.807, 2.05) is 45.9 Å². The van der Waals surface area contributed by atoms with E-state index in [1.165, 1.54) is 6.08 Å². The molecule has 1 N–H and O–H groups in total. The number of aliphatic hydroxyl groups excluding tert-OH is 1. The average Bonchev–Trinajstić information content (AvgIpc) is 3.40. The Kier molecular flexibility index (Phi) is 8.38. The highest BCUT2D eigenvalue weighted by atomic mass is 16.6. The first-order valence-corrected chi connectivity index (χ1v) is 14.0. The SMILES string of the molecule is C=CCOC(=O)[C@@H]1[C@H]2C(=O)N(CCCCCO)C(C(=O)N(CC=C)c3c(C)cccc3C)C23CC(C)[C@@]1(C)O3. The van der Waals surface area contributed by atoms with E-state index in [9.17, 15) is 19.5 Å². The Bertz CT molecular complexity index is 1130. The lowest BCUT2D eigenvalue weighted by Gasteiger charge is -2.38. The molecule has 0 radical (unpaired) electrons. The number of carbonyl (C=O) groups is 3. The number of aryl methyl sites for hydroxylation is 2. The zero-order valence-electron chi connectivity index (χ0n) is 23.7. The molecule has 39 heavy (non-hydrogen) atoms. The van der Waals surface area contributed by atoms with Gasteiger partial charge >= 0.3 is 5.97 Å². The number of nitrogens with zero attached hydrogens (tertiary/aromatic N) is 2. The Morgan fingerprint density at radius 2 is 1.90 bits per heavy atom. The van der Waals surface area contributed by atoms with Gasteiger partial charge in [0.25, 0.3) is 5.91 Å². The molecular weight excluding hydrogens is 496 g/mol. The number of fused-ring (bicyclic) bond motifs is 1. The molecular formula is C31H42N2O6. The molecule has 3 aliphatic rings. The number of likely N-dealkylation sites (tertiary alicyclic amines) is 1. The van der Waals surface area contributed by atoms with Gasteiger partial charge in [0.05, 0.1) is 11.5 Å². The topological polar surface area (TPSA) is 96.4 Å². The summed E-state index contributed by atoms with van der Waals surface area (Å²) in [5.74, 6) is -2.67. The third-order valence-electron chi connectivity index (χ3n) is 8.99. The molecule has 8 heteroatoms. The van der Waals surface area contributed by atoms with Crippen molar-refractivity contribution in [1.82, 2.24) is 4.90 Å². The fourth-order valence-corrected chi connectivity index (χ4v) is 7.22. The van der Waals surface area contributed by atoms with Gasteiger partial charge in [0, 0.05) is 25.4 Å². The van der Waals surface area contributed by atoms with Crippen LogP contribution in [-0.2, 0) is 23.9 Å². The zero-order chi connectivity index (χ0) is 28.5. The molecule has 4 rings (SSSR count). The summed E-state index contributed by atoms with van der Waals surface area (Å²) in [4.78, 5) is 45.7. The zero-order valence-corrected chi connectivity index (χ0v) is 23.7. The first-order chi connectivity index (χ1) is 18.6. The first-order valence-electron chi connectivity index (χ1n) is 14.0. The molecule has 8 nitrogen and oxygen atoms in total. The summed E-state index contributed by atoms with van der Waals surface area (Å²) in [5.41, 5.74) is 0.611. The van der Waals surface area contributed by atoms with Crippen LogP contribution >= 0.6 is 0 Å². The van der Waals surface area contributed by atoms with E-state index in [0.29, 0.717) is 32.2 Å². The molecule has 0 aliphatic carbocycles. The molecule has 212 valence electrons. The van der Waals surface area contributed by atoms with Crippen molar-refractivity contribution < 1.29 is 29.0 Å². The van der Waals surface area contributed by atoms with Crippen LogP contribution in [0.3, 0.4) is 0 Å². The summed E-state index contributed by atoms with van der Waals surface area (Å²) in [5, 5.41) is 9.27. The summed E-state index contributed by atoms with van der Waals surface area (Å²) < 4.78 is 12.3. The number of carbonyl (C=O) groups excluding carboxylic acids is 3. The summed E-state index contributed by atoms with van der Waals surface area (Å²) in [7, 11) is 0. The third kappa shape index (κ3) is 4.61. The van der Waals surface area contributed by atoms with Gasteiger partial charge in [-0.2, -0.15) is 0 Å². The van der Waals surface area contributed by atoms with E-state index in [1.54, 1.807) is 15.9 Å². The standard InChI is InChI=1S/C31H42N2O6/c1-7-15-32(25-20(3)13-12-14-21(25)4)28(36)26-31-19-22(5)30(6,39-31)24(29(37)38-18-8-2)23(31)27(35)33(26)16-10-9-11-17-34/h7-8,12-14,22-24,26,34H,1-2,9-11,15-19H2,3-6H3/t22?,23-,24-,26?,30+,31?/m0/s1. The van der Waals surface area contributed by atoms with E-state index >= 15 is 0 Å². The van der Waals surface area contributed by atoms with Crippen molar-refractivity contribution in [2.24, 2.45) is 17.8 Å². The van der Waals surface area contributed by atoms with Crippen LogP contribution in [0.2, 0.25) is 0 Å². The van der Waals surface area contributed by atoms with Gasteiger partial charge < -0.3 is 24.4 Å². The number of unbranched alkanes of at least 4 members (excludes halogenated alkanes) is 2. The van der Waals surface area contributed by atoms with Crippen molar-refractivity contribution >= 4 is 23.5 Å². The monoisotopic (exact) mass is 538 g/mol. The lowest BCUT2D eigenvalue weighted by atomic mass is 9.62. The van der Waals surface area contributed by atoms with E-state index in [-0.39, 0.29) is 37.5 Å². The number of aliphatic hydroxyl groups is 1. The Hall–Kier alpha value is -2.97. The van der Waals surface area contributed by atoms with Crippen molar-refractivity contribution in [2.45, 2.75) is 70.6 Å². The maximum absolute atomic E-state index is 14.7. The van der Waals surface area contributed by atoms with Gasteiger partial charge in [-0.05, 0) is 63.5 Å². The predicted octanol–water partition coefficient (Wildman–Crippen LogP) is 3.72. The average molecular weight is 539 g/mol. The van der Waals surface area contributed by atoms with E-state index < -0.39 is 35.0 Å². The molecule has 1 aromatic rings. The molecule has 2 bridgehead atoms. The van der Waals surface area contributed by atoms with E-state index in [4.69, 9.17) is 9.47 Å². The fraction of sp³-hybridized carbons (Fsp3) is 0.581. The Labute approximate surface area is 231 Å². The fourth-order valence-electron chi connectivity index (χ4n) is 7.22. The summed E-state index contributed by atoms with van der Waals surface area (Å²) in [6.07, 6.45) is 5.63. The largest absolute Gasteiger partial charge is 0.461 e. The summed E-state index contributed by atoms with van der Waals surface area (Å²) >= 11 is 0. The number of anilines is 1. The van der Waals surface area contributed by atoms with Crippen molar-refractivity contribution in [2.75, 3.05) is 31.2 Å². The van der Waals surface area contributed by atoms with Gasteiger partial charge in [-0.3, -0.25) is 14.4 Å². The van der Waals surface area contributed by atoms with Crippen LogP contribution in [0.1, 0.15) is 50.7 Å². The number of hydrogen-bond acceptors (Lipinski definition) is 6. The van der Waals surface area contributed by atoms with Crippen molar-refractivity contribution in [3.05, 3.63) is 54.6 Å². The van der Waals surface area contributed by atoms with Crippen LogP contribution in [0.15, 0.2) is 43.5 Å². The lowest BCUT2D eigenvalue weighted by Crippen LogP contribution is -2.57. The molecule has 0 saturated carbocycles. The maximum Gasteiger partial charge on any atom is 0.313 e. The number of para-hydroxylation sites is 1. The third-order valence-corrected chi connectivity index (χ3v) is 8.99. The number of ether oxygens (including phenoxy) is 2. The first kappa shape index (κ1) is 29.0. The van der Waals surface area contributed by atoms with Gasteiger partial charge in [-0.25, -0.2) is 0 Å². The maximum atomic E-state index is 14.7. The number of amides is 2. The van der Waals surface area contributed by atoms with Crippen LogP contribution in [-0.4, -0.2) is 71.3 Å². The van der Waals surface area contributed by atoms with Crippen LogP contribution in [0, 0.1) is 31.6 Å². The second kappa shape index (κ2) is 11.3. The quantitative estimate of drug-likeness (QED) is 0.248. The molecule has 3 heterocycles. The number of hydrogen-bond donors (Lipinski definition) is 1. The van der Waals surface area contributed by atoms with Crippen LogP contribution < -0.4 is 4.90 Å². The van der Waals surface area contributed by atoms with Crippen molar-refractivity contribution in [3.8, 4) is 0 Å². The highest BCUT2D eigenvalue weighted by molar-refractivity contribution is 6.05. The lowest BCUT2D eigenvalue weighted by molar-refractivity contribution is -0.160. The molecule has 1 spiro atoms. The summed E-state index contributed by atoms with van der Waals surface area (Å²) in [6, 6.07) is 4.98. The highest BCUT2D eigenvalue weighted by Crippen LogP contribution is 2.65. The normalized spacial score (nSPS) is 30.8. The van der Waals surface area contributed by atoms with Gasteiger partial charge in [-0.15, -0.1) is 6.58 Å². The number of rotatable bonds is 12. The second-order valence-electron chi connectivity index (χ2n) is 11.4. The molecule has 3 fully saturated rings. The molecule has 2 amide bonds. The van der Waals surface area contributed by atoms with Crippen LogP contribution in [0.5, 0.6) is 0 Å². The highest BCUT2D eigenvalue weighted by Gasteiger charge is 2.80. The Morgan fingerprint density at radius 1 is 1.21 bits per heavy atom. The minimum absolute atomic E-state index is 0.0423. The smallest absolute Gasteiger partial charge is 0.313 e. The van der Waals surface area contributed by atoms with Crippen LogP contribution in [0.4, 0.5) is 5.69 Å². The van der Waals surface area contributed by atoms with Crippen molar-refractivity contribution in [1.29, 1.82) is 0 Å². The van der Waals surface area contributed by atoms with Crippen LogP contribution in [0.25, 0.3) is 0 Å². The van der Waals surface area contributed by atoms with Gasteiger partial charge in [-0.1, -0.05) is 43.9 Å². The van der Waals surface area contributed by atoms with Crippen molar-refractivity contribution in [3.63, 3.8) is 0 Å². The second-order valence-corrected chi connectivity index (χ2v) is 11.4. The summed E-state index contributed by atoms with van der Waals surface area (Å²) in [6.45, 7) is 16.1. The minimum atomic E-state index is -1.15. The molecule has 3 saturated heterocycles. The van der Waals surface area contributed by atoms with E-state index in [2.05, 4.69) is 13.2 Å². The van der Waals surface area contributed by atoms with Gasteiger partial charge in [0.2, 0.25) is 5.91 Å². The molecule has 1 aromatic carbocycles.